The third-order valence-corrected chi connectivity index (χ3v) is 6.97. The van der Waals surface area contributed by atoms with E-state index in [-0.39, 0.29) is 16.0 Å². The van der Waals surface area contributed by atoms with Crippen LogP contribution in [0.5, 0.6) is 0 Å². The fourth-order valence-electron chi connectivity index (χ4n) is 3.08. The van der Waals surface area contributed by atoms with Gasteiger partial charge in [-0.1, -0.05) is 23.7 Å². The second kappa shape index (κ2) is 7.27. The van der Waals surface area contributed by atoms with E-state index in [4.69, 9.17) is 11.6 Å². The second-order valence-electron chi connectivity index (χ2n) is 6.19. The van der Waals surface area contributed by atoms with E-state index in [0.29, 0.717) is 13.1 Å². The summed E-state index contributed by atoms with van der Waals surface area (Å²) in [5, 5.41) is 0.262. The average molecular weight is 381 g/mol. The largest absolute Gasteiger partial charge is 0.356 e. The van der Waals surface area contributed by atoms with Gasteiger partial charge in [-0.15, -0.1) is 0 Å². The van der Waals surface area contributed by atoms with Crippen LogP contribution in [0.1, 0.15) is 18.5 Å². The maximum atomic E-state index is 12.8. The van der Waals surface area contributed by atoms with E-state index in [1.54, 1.807) is 30.6 Å². The summed E-state index contributed by atoms with van der Waals surface area (Å²) in [6, 6.07) is 8.76. The smallest absolute Gasteiger partial charge is 0.244 e. The Kier molecular flexibility index (Phi) is 5.27. The fraction of sp³-hybridized carbons (Fsp3) is 0.412. The molecule has 2 aromatic rings. The second-order valence-corrected chi connectivity index (χ2v) is 8.51. The van der Waals surface area contributed by atoms with Crippen LogP contribution in [-0.4, -0.2) is 48.9 Å². The van der Waals surface area contributed by atoms with Crippen molar-refractivity contribution in [2.24, 2.45) is 0 Å². The summed E-state index contributed by atoms with van der Waals surface area (Å²) in [5.74, 6) is 0.861. The first-order chi connectivity index (χ1) is 11.9. The Morgan fingerprint density at radius 3 is 2.52 bits per heavy atom. The molecule has 0 aliphatic carbocycles. The fourth-order valence-corrected chi connectivity index (χ4v) is 5.05. The Balaban J connectivity index is 1.70. The molecule has 0 unspecified atom stereocenters. The first-order valence-corrected chi connectivity index (χ1v) is 9.97. The van der Waals surface area contributed by atoms with Crippen molar-refractivity contribution in [3.05, 3.63) is 47.4 Å². The molecule has 8 heteroatoms. The number of hydrogen-bond acceptors (Lipinski definition) is 5. The number of nitrogens with zero attached hydrogens (tertiary/aromatic N) is 4. The molecular formula is C17H21ClN4O2S. The summed E-state index contributed by atoms with van der Waals surface area (Å²) in [7, 11) is -1.57. The lowest BCUT2D eigenvalue weighted by Gasteiger charge is -2.36. The first-order valence-electron chi connectivity index (χ1n) is 8.16. The van der Waals surface area contributed by atoms with E-state index < -0.39 is 10.0 Å². The van der Waals surface area contributed by atoms with Crippen LogP contribution >= 0.6 is 11.6 Å². The van der Waals surface area contributed by atoms with Gasteiger partial charge in [-0.3, -0.25) is 0 Å². The lowest BCUT2D eigenvalue weighted by molar-refractivity contribution is 0.314. The van der Waals surface area contributed by atoms with E-state index in [1.807, 2.05) is 20.0 Å². The molecule has 0 amide bonds. The molecular weight excluding hydrogens is 360 g/mol. The molecule has 1 aromatic carbocycles. The Hall–Kier alpha value is -1.70. The molecule has 1 saturated heterocycles. The highest BCUT2D eigenvalue weighted by Crippen LogP contribution is 2.28. The number of aryl methyl sites for hydroxylation is 1. The molecule has 0 N–H and O–H groups in total. The van der Waals surface area contributed by atoms with Crippen molar-refractivity contribution in [1.29, 1.82) is 0 Å². The van der Waals surface area contributed by atoms with Gasteiger partial charge in [-0.05, 0) is 31.9 Å². The van der Waals surface area contributed by atoms with Crippen LogP contribution in [0.2, 0.25) is 5.02 Å². The lowest BCUT2D eigenvalue weighted by atomic mass is 10.1. The Bertz CT molecular complexity index is 851. The molecule has 134 valence electrons. The quantitative estimate of drug-likeness (QED) is 0.815. The predicted octanol–water partition coefficient (Wildman–Crippen LogP) is 2.73. The summed E-state index contributed by atoms with van der Waals surface area (Å²) < 4.78 is 27.1. The van der Waals surface area contributed by atoms with E-state index in [2.05, 4.69) is 14.9 Å². The summed E-state index contributed by atoms with van der Waals surface area (Å²) in [5.41, 5.74) is 0.913. The van der Waals surface area contributed by atoms with Crippen molar-refractivity contribution in [3.63, 3.8) is 0 Å². The van der Waals surface area contributed by atoms with Gasteiger partial charge < -0.3 is 4.90 Å². The molecule has 25 heavy (non-hydrogen) atoms. The molecule has 2 heterocycles. The van der Waals surface area contributed by atoms with Crippen LogP contribution in [0.4, 0.5) is 5.82 Å². The summed E-state index contributed by atoms with van der Waals surface area (Å²) in [4.78, 5) is 10.7. The topological polar surface area (TPSA) is 66.4 Å². The molecule has 0 bridgehead atoms. The minimum atomic E-state index is -3.56. The summed E-state index contributed by atoms with van der Waals surface area (Å²) >= 11 is 6.07. The average Bonchev–Trinajstić information content (AvgIpc) is 2.61. The summed E-state index contributed by atoms with van der Waals surface area (Å²) in [6.07, 6.45) is 3.03. The van der Waals surface area contributed by atoms with E-state index in [9.17, 15) is 8.42 Å². The zero-order valence-corrected chi connectivity index (χ0v) is 15.8. The molecule has 1 fully saturated rings. The molecule has 0 spiro atoms. The van der Waals surface area contributed by atoms with Gasteiger partial charge in [0.15, 0.2) is 0 Å². The van der Waals surface area contributed by atoms with Gasteiger partial charge in [0.1, 0.15) is 17.0 Å². The van der Waals surface area contributed by atoms with E-state index in [0.717, 1.165) is 24.4 Å². The highest BCUT2D eigenvalue weighted by molar-refractivity contribution is 7.89. The maximum absolute atomic E-state index is 12.8. The monoisotopic (exact) mass is 380 g/mol. The number of anilines is 1. The molecule has 0 saturated carbocycles. The molecule has 1 aromatic heterocycles. The number of hydrogen-bond donors (Lipinski definition) is 0. The van der Waals surface area contributed by atoms with Crippen LogP contribution in [0.3, 0.4) is 0 Å². The number of sulfonamides is 1. The Labute approximate surface area is 153 Å². The van der Waals surface area contributed by atoms with E-state index >= 15 is 0 Å². The van der Waals surface area contributed by atoms with Crippen molar-refractivity contribution in [2.45, 2.75) is 30.7 Å². The van der Waals surface area contributed by atoms with Crippen molar-refractivity contribution in [3.8, 4) is 0 Å². The van der Waals surface area contributed by atoms with Gasteiger partial charge >= 0.3 is 0 Å². The SMILES string of the molecule is Cc1cc(N(C)C2CCN(S(=O)(=O)c3ccccc3Cl)CC2)ncn1. The van der Waals surface area contributed by atoms with Gasteiger partial charge in [0.05, 0.1) is 5.02 Å². The van der Waals surface area contributed by atoms with E-state index in [1.165, 1.54) is 4.31 Å². The molecule has 6 nitrogen and oxygen atoms in total. The first kappa shape index (κ1) is 18.1. The number of piperidine rings is 1. The van der Waals surface area contributed by atoms with Crippen LogP contribution in [0.25, 0.3) is 0 Å². The number of halogens is 1. The molecule has 3 rings (SSSR count). The molecule has 1 aliphatic heterocycles. The predicted molar refractivity (Wildman–Crippen MR) is 98.4 cm³/mol. The van der Waals surface area contributed by atoms with Gasteiger partial charge in [0.2, 0.25) is 10.0 Å². The Morgan fingerprint density at radius 2 is 1.88 bits per heavy atom. The Morgan fingerprint density at radius 1 is 1.20 bits per heavy atom. The third kappa shape index (κ3) is 3.78. The van der Waals surface area contributed by atoms with Crippen LogP contribution < -0.4 is 4.90 Å². The van der Waals surface area contributed by atoms with Gasteiger partial charge in [-0.25, -0.2) is 18.4 Å². The number of aromatic nitrogens is 2. The number of rotatable bonds is 4. The third-order valence-electron chi connectivity index (χ3n) is 4.58. The standard InChI is InChI=1S/C17H21ClN4O2S/c1-13-11-17(20-12-19-13)21(2)14-7-9-22(10-8-14)25(23,24)16-6-4-3-5-15(16)18/h3-6,11-12,14H,7-10H2,1-2H3. The van der Waals surface area contributed by atoms with Gasteiger partial charge in [-0.2, -0.15) is 4.31 Å². The van der Waals surface area contributed by atoms with Crippen molar-refractivity contribution < 1.29 is 8.42 Å². The van der Waals surface area contributed by atoms with Gasteiger partial charge in [0, 0.05) is 37.9 Å². The van der Waals surface area contributed by atoms with Crippen molar-refractivity contribution in [1.82, 2.24) is 14.3 Å². The van der Waals surface area contributed by atoms with Crippen LogP contribution in [-0.2, 0) is 10.0 Å². The zero-order valence-electron chi connectivity index (χ0n) is 14.3. The minimum Gasteiger partial charge on any atom is -0.356 e. The number of benzene rings is 1. The maximum Gasteiger partial charge on any atom is 0.244 e. The van der Waals surface area contributed by atoms with Gasteiger partial charge in [0.25, 0.3) is 0 Å². The zero-order chi connectivity index (χ0) is 18.0. The van der Waals surface area contributed by atoms with Crippen LogP contribution in [0, 0.1) is 6.92 Å². The van der Waals surface area contributed by atoms with Crippen molar-refractivity contribution >= 4 is 27.4 Å². The molecule has 1 aliphatic rings. The molecule has 0 radical (unpaired) electrons. The normalized spacial score (nSPS) is 16.8. The highest BCUT2D eigenvalue weighted by atomic mass is 35.5. The van der Waals surface area contributed by atoms with Crippen LogP contribution in [0.15, 0.2) is 41.6 Å². The van der Waals surface area contributed by atoms with Crippen molar-refractivity contribution in [2.75, 3.05) is 25.0 Å². The summed E-state index contributed by atoms with van der Waals surface area (Å²) in [6.45, 7) is 2.86. The minimum absolute atomic E-state index is 0.176. The lowest BCUT2D eigenvalue weighted by Crippen LogP contribution is -2.45. The highest BCUT2D eigenvalue weighted by Gasteiger charge is 2.32. The molecule has 0 atom stereocenters.